The number of ether oxygens (including phenoxy) is 2. The zero-order valence-corrected chi connectivity index (χ0v) is 14.0. The van der Waals surface area contributed by atoms with Gasteiger partial charge in [0.1, 0.15) is 0 Å². The van der Waals surface area contributed by atoms with Gasteiger partial charge < -0.3 is 14.0 Å². The number of cyclic esters (lactones) is 1. The van der Waals surface area contributed by atoms with Gasteiger partial charge in [0.25, 0.3) is 0 Å². The van der Waals surface area contributed by atoms with Crippen molar-refractivity contribution in [3.05, 3.63) is 30.2 Å². The molecule has 2 aliphatic rings. The molecule has 0 bridgehead atoms. The molecule has 1 aromatic heterocycles. The van der Waals surface area contributed by atoms with Gasteiger partial charge in [-0.05, 0) is 49.4 Å². The quantitative estimate of drug-likeness (QED) is 0.849. The smallest absolute Gasteiger partial charge is 0.414 e. The summed E-state index contributed by atoms with van der Waals surface area (Å²) in [6.45, 7) is 2.79. The number of nitrogens with zero attached hydrogens (tertiary/aromatic N) is 3. The molecule has 2 aliphatic heterocycles. The molecule has 2 saturated heterocycles. The summed E-state index contributed by atoms with van der Waals surface area (Å²) in [5.74, 6) is 1.80. The highest BCUT2D eigenvalue weighted by Gasteiger charge is 2.22. The van der Waals surface area contributed by atoms with E-state index in [0.717, 1.165) is 50.1 Å². The third-order valence-electron chi connectivity index (χ3n) is 4.68. The molecular formula is C18H21N3O4. The van der Waals surface area contributed by atoms with Crippen LogP contribution in [0.25, 0.3) is 11.4 Å². The normalized spacial score (nSPS) is 19.0. The van der Waals surface area contributed by atoms with Crippen molar-refractivity contribution in [1.29, 1.82) is 0 Å². The Morgan fingerprint density at radius 2 is 1.92 bits per heavy atom. The maximum Gasteiger partial charge on any atom is 0.414 e. The van der Waals surface area contributed by atoms with E-state index in [1.165, 1.54) is 0 Å². The van der Waals surface area contributed by atoms with Crippen LogP contribution in [0.15, 0.2) is 28.8 Å². The van der Waals surface area contributed by atoms with Crippen LogP contribution >= 0.6 is 0 Å². The van der Waals surface area contributed by atoms with Crippen molar-refractivity contribution >= 4 is 11.8 Å². The second-order valence-corrected chi connectivity index (χ2v) is 6.44. The number of benzene rings is 1. The second kappa shape index (κ2) is 7.23. The third kappa shape index (κ3) is 3.66. The van der Waals surface area contributed by atoms with E-state index >= 15 is 0 Å². The number of hydrogen-bond acceptors (Lipinski definition) is 6. The van der Waals surface area contributed by atoms with Gasteiger partial charge in [0.15, 0.2) is 0 Å². The maximum absolute atomic E-state index is 11.8. The number of hydrogen-bond donors (Lipinski definition) is 0. The summed E-state index contributed by atoms with van der Waals surface area (Å²) < 4.78 is 15.8. The van der Waals surface area contributed by atoms with Crippen LogP contribution in [0.5, 0.6) is 0 Å². The molecule has 0 saturated carbocycles. The largest absolute Gasteiger partial charge is 0.449 e. The molecule has 2 fully saturated rings. The Bertz CT molecular complexity index is 722. The fourth-order valence-electron chi connectivity index (χ4n) is 3.23. The van der Waals surface area contributed by atoms with Crippen molar-refractivity contribution in [3.63, 3.8) is 0 Å². The Morgan fingerprint density at radius 3 is 2.68 bits per heavy atom. The Hall–Kier alpha value is -2.41. The summed E-state index contributed by atoms with van der Waals surface area (Å²) >= 11 is 0. The molecule has 7 nitrogen and oxygen atoms in total. The molecule has 0 unspecified atom stereocenters. The van der Waals surface area contributed by atoms with Crippen LogP contribution in [-0.4, -0.2) is 42.6 Å². The van der Waals surface area contributed by atoms with Gasteiger partial charge in [0.05, 0.1) is 6.61 Å². The highest BCUT2D eigenvalue weighted by atomic mass is 16.6. The predicted molar refractivity (Wildman–Crippen MR) is 90.3 cm³/mol. The van der Waals surface area contributed by atoms with Crippen LogP contribution in [0.1, 0.15) is 25.2 Å². The van der Waals surface area contributed by atoms with Gasteiger partial charge >= 0.3 is 6.09 Å². The van der Waals surface area contributed by atoms with Crippen molar-refractivity contribution in [2.45, 2.75) is 25.7 Å². The standard InChI is InChI=1S/C18H21N3O4/c22-18-21(8-1-9-24-18)15-4-2-14(3-5-15)17-19-16(25-20-17)12-13-6-10-23-11-7-13/h2-5,13H,1,6-12H2. The summed E-state index contributed by atoms with van der Waals surface area (Å²) in [6, 6.07) is 7.58. The molecule has 25 heavy (non-hydrogen) atoms. The molecule has 0 aliphatic carbocycles. The van der Waals surface area contributed by atoms with Crippen LogP contribution in [0.2, 0.25) is 0 Å². The lowest BCUT2D eigenvalue weighted by atomic mass is 9.97. The van der Waals surface area contributed by atoms with E-state index in [1.54, 1.807) is 4.90 Å². The van der Waals surface area contributed by atoms with Gasteiger partial charge in [-0.25, -0.2) is 4.79 Å². The van der Waals surface area contributed by atoms with Crippen molar-refractivity contribution in [1.82, 2.24) is 10.1 Å². The molecule has 1 aromatic carbocycles. The number of carbonyl (C=O) groups is 1. The van der Waals surface area contributed by atoms with Crippen molar-refractivity contribution < 1.29 is 18.8 Å². The first kappa shape index (κ1) is 16.1. The molecular weight excluding hydrogens is 322 g/mol. The Balaban J connectivity index is 1.44. The Morgan fingerprint density at radius 1 is 1.12 bits per heavy atom. The molecule has 132 valence electrons. The van der Waals surface area contributed by atoms with Crippen molar-refractivity contribution in [2.75, 3.05) is 31.3 Å². The van der Waals surface area contributed by atoms with Crippen LogP contribution < -0.4 is 4.90 Å². The number of anilines is 1. The number of rotatable bonds is 4. The van der Waals surface area contributed by atoms with E-state index < -0.39 is 0 Å². The molecule has 0 N–H and O–H groups in total. The molecule has 0 radical (unpaired) electrons. The fourth-order valence-corrected chi connectivity index (χ4v) is 3.23. The molecule has 0 spiro atoms. The lowest BCUT2D eigenvalue weighted by Crippen LogP contribution is -2.37. The minimum atomic E-state index is -0.294. The average molecular weight is 343 g/mol. The van der Waals surface area contributed by atoms with E-state index in [-0.39, 0.29) is 6.09 Å². The van der Waals surface area contributed by atoms with Gasteiger partial charge in [-0.1, -0.05) is 5.16 Å². The van der Waals surface area contributed by atoms with Crippen LogP contribution in [0, 0.1) is 5.92 Å². The minimum absolute atomic E-state index is 0.294. The monoisotopic (exact) mass is 343 g/mol. The summed E-state index contributed by atoms with van der Waals surface area (Å²) in [7, 11) is 0. The van der Waals surface area contributed by atoms with Crippen molar-refractivity contribution in [3.8, 4) is 11.4 Å². The van der Waals surface area contributed by atoms with Gasteiger partial charge in [0.2, 0.25) is 11.7 Å². The van der Waals surface area contributed by atoms with Gasteiger partial charge in [-0.15, -0.1) is 0 Å². The van der Waals surface area contributed by atoms with E-state index in [9.17, 15) is 4.79 Å². The molecule has 4 rings (SSSR count). The zero-order chi connectivity index (χ0) is 17.1. The summed E-state index contributed by atoms with van der Waals surface area (Å²) in [5.41, 5.74) is 1.69. The Labute approximate surface area is 145 Å². The van der Waals surface area contributed by atoms with Gasteiger partial charge in [-0.2, -0.15) is 4.98 Å². The average Bonchev–Trinajstić information content (AvgIpc) is 3.12. The van der Waals surface area contributed by atoms with E-state index in [4.69, 9.17) is 14.0 Å². The molecule has 0 atom stereocenters. The fraction of sp³-hybridized carbons (Fsp3) is 0.500. The first-order valence-electron chi connectivity index (χ1n) is 8.74. The SMILES string of the molecule is O=C1OCCCN1c1ccc(-c2noc(CC3CCOCC3)n2)cc1. The highest BCUT2D eigenvalue weighted by Crippen LogP contribution is 2.25. The molecule has 3 heterocycles. The number of amides is 1. The van der Waals surface area contributed by atoms with Crippen LogP contribution in [0.3, 0.4) is 0 Å². The summed E-state index contributed by atoms with van der Waals surface area (Å²) in [4.78, 5) is 17.9. The molecule has 7 heteroatoms. The maximum atomic E-state index is 11.8. The van der Waals surface area contributed by atoms with E-state index in [1.807, 2.05) is 24.3 Å². The summed E-state index contributed by atoms with van der Waals surface area (Å²) in [6.07, 6.45) is 3.43. The number of aromatic nitrogens is 2. The molecule has 2 aromatic rings. The zero-order valence-electron chi connectivity index (χ0n) is 14.0. The number of carbonyl (C=O) groups excluding carboxylic acids is 1. The lowest BCUT2D eigenvalue weighted by molar-refractivity contribution is 0.0642. The topological polar surface area (TPSA) is 77.7 Å². The predicted octanol–water partition coefficient (Wildman–Crippen LogP) is 3.05. The lowest BCUT2D eigenvalue weighted by Gasteiger charge is -2.26. The van der Waals surface area contributed by atoms with E-state index in [2.05, 4.69) is 10.1 Å². The van der Waals surface area contributed by atoms with Gasteiger partial charge in [-0.3, -0.25) is 4.90 Å². The van der Waals surface area contributed by atoms with Crippen LogP contribution in [-0.2, 0) is 15.9 Å². The van der Waals surface area contributed by atoms with Crippen molar-refractivity contribution in [2.24, 2.45) is 5.92 Å². The first-order valence-corrected chi connectivity index (χ1v) is 8.74. The molecule has 1 amide bonds. The highest BCUT2D eigenvalue weighted by molar-refractivity contribution is 5.88. The van der Waals surface area contributed by atoms with Crippen LogP contribution in [0.4, 0.5) is 10.5 Å². The second-order valence-electron chi connectivity index (χ2n) is 6.44. The van der Waals surface area contributed by atoms with Gasteiger partial charge in [0, 0.05) is 37.4 Å². The first-order chi connectivity index (χ1) is 12.3. The van der Waals surface area contributed by atoms with E-state index in [0.29, 0.717) is 30.8 Å². The summed E-state index contributed by atoms with van der Waals surface area (Å²) in [5, 5.41) is 4.09. The Kier molecular flexibility index (Phi) is 4.65. The third-order valence-corrected chi connectivity index (χ3v) is 4.68. The minimum Gasteiger partial charge on any atom is -0.449 e.